The van der Waals surface area contributed by atoms with E-state index < -0.39 is 21.7 Å². The van der Waals surface area contributed by atoms with E-state index in [9.17, 15) is 18.0 Å². The number of hydrogen-bond acceptors (Lipinski definition) is 6. The number of anilines is 1. The second kappa shape index (κ2) is 13.1. The second-order valence-corrected chi connectivity index (χ2v) is 14.3. The lowest BCUT2D eigenvalue weighted by Crippen LogP contribution is -2.51. The van der Waals surface area contributed by atoms with E-state index >= 15 is 4.39 Å². The van der Waals surface area contributed by atoms with Crippen molar-refractivity contribution in [2.75, 3.05) is 63.2 Å². The maximum atomic E-state index is 15.4. The highest BCUT2D eigenvalue weighted by atomic mass is 35.5. The number of nitrogens with one attached hydrogen (secondary N) is 1. The van der Waals surface area contributed by atoms with Crippen LogP contribution in [-0.2, 0) is 19.4 Å². The molecule has 0 unspecified atom stereocenters. The quantitative estimate of drug-likeness (QED) is 0.468. The van der Waals surface area contributed by atoms with Gasteiger partial charge in [-0.25, -0.2) is 12.8 Å². The third-order valence-electron chi connectivity index (χ3n) is 8.00. The molecule has 8 nitrogen and oxygen atoms in total. The van der Waals surface area contributed by atoms with E-state index in [1.165, 1.54) is 6.07 Å². The van der Waals surface area contributed by atoms with Gasteiger partial charge >= 0.3 is 0 Å². The van der Waals surface area contributed by atoms with E-state index in [1.807, 2.05) is 43.8 Å². The highest BCUT2D eigenvalue weighted by Crippen LogP contribution is 2.37. The Morgan fingerprint density at radius 2 is 1.71 bits per heavy atom. The van der Waals surface area contributed by atoms with Crippen LogP contribution in [0.5, 0.6) is 0 Å². The van der Waals surface area contributed by atoms with Crippen LogP contribution in [0, 0.1) is 17.7 Å². The first-order valence-electron chi connectivity index (χ1n) is 14.1. The molecule has 2 heterocycles. The molecule has 2 aliphatic heterocycles. The fourth-order valence-electron chi connectivity index (χ4n) is 5.81. The number of amides is 2. The average Bonchev–Trinajstić information content (AvgIpc) is 3.25. The molecule has 11 heteroatoms. The summed E-state index contributed by atoms with van der Waals surface area (Å²) in [6, 6.07) is 11.6. The lowest BCUT2D eigenvalue weighted by Gasteiger charge is -2.39. The second-order valence-electron chi connectivity index (χ2n) is 11.7. The number of nitrogens with zero attached hydrogens (tertiary/aromatic N) is 3. The molecular formula is C30H40ClFN4O4S. The standard InChI is InChI=1S/C30H40ClFN4O4S/c1-20(2)28(33-27(37)12-13-34(3)4)23-6-5-7-26(32)29(23)35-14-16-36(17-15-35)30(38)25-19-41(39,40)18-24(25)21-8-10-22(31)11-9-21/h5-11,20,24-25,28H,12-19H2,1-4H3,(H,33,37)/t24-,25+,28-/m0/s1. The molecule has 0 saturated carbocycles. The first kappa shape index (κ1) is 31.3. The molecule has 2 aromatic carbocycles. The van der Waals surface area contributed by atoms with Crippen molar-refractivity contribution < 1.29 is 22.4 Å². The minimum Gasteiger partial charge on any atom is -0.365 e. The van der Waals surface area contributed by atoms with Crippen LogP contribution in [0.3, 0.4) is 0 Å². The number of sulfone groups is 1. The van der Waals surface area contributed by atoms with Crippen LogP contribution in [0.4, 0.5) is 10.1 Å². The average molecular weight is 607 g/mol. The molecular weight excluding hydrogens is 567 g/mol. The number of carbonyl (C=O) groups is 2. The Morgan fingerprint density at radius 1 is 1.05 bits per heavy atom. The molecule has 0 spiro atoms. The van der Waals surface area contributed by atoms with Crippen molar-refractivity contribution in [2.24, 2.45) is 11.8 Å². The Kier molecular flexibility index (Phi) is 9.97. The minimum atomic E-state index is -3.37. The summed E-state index contributed by atoms with van der Waals surface area (Å²) in [5.41, 5.74) is 1.94. The number of benzene rings is 2. The van der Waals surface area contributed by atoms with Crippen LogP contribution in [0.1, 0.15) is 43.4 Å². The van der Waals surface area contributed by atoms with Gasteiger partial charge in [-0.1, -0.05) is 49.7 Å². The van der Waals surface area contributed by atoms with Crippen molar-refractivity contribution in [2.45, 2.75) is 32.2 Å². The van der Waals surface area contributed by atoms with Gasteiger partial charge in [-0.3, -0.25) is 9.59 Å². The summed E-state index contributed by atoms with van der Waals surface area (Å²) in [7, 11) is 0.451. The molecule has 4 rings (SSSR count). The van der Waals surface area contributed by atoms with Gasteiger partial charge in [0.1, 0.15) is 5.82 Å². The van der Waals surface area contributed by atoms with Crippen molar-refractivity contribution in [1.29, 1.82) is 0 Å². The molecule has 0 radical (unpaired) electrons. The maximum absolute atomic E-state index is 15.4. The number of piperazine rings is 1. The van der Waals surface area contributed by atoms with Gasteiger partial charge in [0.25, 0.3) is 0 Å². The van der Waals surface area contributed by atoms with Gasteiger partial charge in [0.05, 0.1) is 29.2 Å². The molecule has 2 fully saturated rings. The van der Waals surface area contributed by atoms with Crippen LogP contribution in [-0.4, -0.2) is 88.4 Å². The van der Waals surface area contributed by atoms with E-state index in [1.54, 1.807) is 35.2 Å². The van der Waals surface area contributed by atoms with Gasteiger partial charge in [-0.15, -0.1) is 0 Å². The Labute approximate surface area is 247 Å². The molecule has 2 saturated heterocycles. The monoisotopic (exact) mass is 606 g/mol. The minimum absolute atomic E-state index is 0.0239. The Bertz CT molecular complexity index is 1340. The fraction of sp³-hybridized carbons (Fsp3) is 0.533. The van der Waals surface area contributed by atoms with Crippen molar-refractivity contribution >= 4 is 38.9 Å². The predicted molar refractivity (Wildman–Crippen MR) is 160 cm³/mol. The Morgan fingerprint density at radius 3 is 2.32 bits per heavy atom. The smallest absolute Gasteiger partial charge is 0.227 e. The molecule has 0 bridgehead atoms. The van der Waals surface area contributed by atoms with Crippen LogP contribution >= 0.6 is 11.6 Å². The van der Waals surface area contributed by atoms with Crippen LogP contribution in [0.15, 0.2) is 42.5 Å². The number of carbonyl (C=O) groups excluding carboxylic acids is 2. The normalized spacial score (nSPS) is 21.4. The van der Waals surface area contributed by atoms with Crippen molar-refractivity contribution in [1.82, 2.24) is 15.1 Å². The summed E-state index contributed by atoms with van der Waals surface area (Å²) < 4.78 is 40.5. The van der Waals surface area contributed by atoms with Gasteiger partial charge in [-0.05, 0) is 43.8 Å². The molecule has 2 aliphatic rings. The van der Waals surface area contributed by atoms with E-state index in [-0.39, 0.29) is 41.1 Å². The highest BCUT2D eigenvalue weighted by molar-refractivity contribution is 7.91. The lowest BCUT2D eigenvalue weighted by molar-refractivity contribution is -0.135. The summed E-state index contributed by atoms with van der Waals surface area (Å²) in [5.74, 6) is -1.97. The van der Waals surface area contributed by atoms with Crippen molar-refractivity contribution in [3.63, 3.8) is 0 Å². The van der Waals surface area contributed by atoms with Gasteiger partial charge in [0.15, 0.2) is 9.84 Å². The molecule has 2 amide bonds. The first-order chi connectivity index (χ1) is 19.4. The molecule has 2 aromatic rings. The Balaban J connectivity index is 1.49. The molecule has 0 aromatic heterocycles. The highest BCUT2D eigenvalue weighted by Gasteiger charge is 2.44. The van der Waals surface area contributed by atoms with Crippen molar-refractivity contribution in [3.8, 4) is 0 Å². The number of rotatable bonds is 9. The number of hydrogen-bond donors (Lipinski definition) is 1. The van der Waals surface area contributed by atoms with Gasteiger partial charge in [-0.2, -0.15) is 0 Å². The van der Waals surface area contributed by atoms with E-state index in [2.05, 4.69) is 5.32 Å². The summed E-state index contributed by atoms with van der Waals surface area (Å²) in [4.78, 5) is 31.9. The lowest BCUT2D eigenvalue weighted by atomic mass is 9.88. The number of para-hydroxylation sites is 1. The molecule has 41 heavy (non-hydrogen) atoms. The maximum Gasteiger partial charge on any atom is 0.227 e. The van der Waals surface area contributed by atoms with Crippen LogP contribution < -0.4 is 10.2 Å². The molecule has 0 aliphatic carbocycles. The predicted octanol–water partition coefficient (Wildman–Crippen LogP) is 3.72. The van der Waals surface area contributed by atoms with E-state index in [4.69, 9.17) is 11.6 Å². The summed E-state index contributed by atoms with van der Waals surface area (Å²) in [6.45, 7) is 6.08. The number of halogens is 2. The topological polar surface area (TPSA) is 90.0 Å². The van der Waals surface area contributed by atoms with Crippen molar-refractivity contribution in [3.05, 3.63) is 64.4 Å². The summed E-state index contributed by atoms with van der Waals surface area (Å²) >= 11 is 6.02. The molecule has 3 atom stereocenters. The van der Waals surface area contributed by atoms with Crippen LogP contribution in [0.25, 0.3) is 0 Å². The van der Waals surface area contributed by atoms with E-state index in [0.29, 0.717) is 55.4 Å². The van der Waals surface area contributed by atoms with Gasteiger partial charge in [0.2, 0.25) is 11.8 Å². The van der Waals surface area contributed by atoms with Gasteiger partial charge in [0, 0.05) is 55.6 Å². The fourth-order valence-corrected chi connectivity index (χ4v) is 7.96. The van der Waals surface area contributed by atoms with Gasteiger partial charge < -0.3 is 20.0 Å². The summed E-state index contributed by atoms with van der Waals surface area (Å²) in [6.07, 6.45) is 0.343. The van der Waals surface area contributed by atoms with E-state index in [0.717, 1.165) is 5.56 Å². The zero-order valence-electron chi connectivity index (χ0n) is 24.1. The largest absolute Gasteiger partial charge is 0.365 e. The Hall–Kier alpha value is -2.69. The molecule has 224 valence electrons. The SMILES string of the molecule is CC(C)[C@H](NC(=O)CCN(C)C)c1cccc(F)c1N1CCN(C(=O)[C@@H]2CS(=O)(=O)C[C@H]2c2ccc(Cl)cc2)CC1. The molecule has 1 N–H and O–H groups in total. The third-order valence-corrected chi connectivity index (χ3v) is 9.98. The summed E-state index contributed by atoms with van der Waals surface area (Å²) in [5, 5.41) is 3.65. The third kappa shape index (κ3) is 7.59. The van der Waals surface area contributed by atoms with Crippen LogP contribution in [0.2, 0.25) is 5.02 Å². The first-order valence-corrected chi connectivity index (χ1v) is 16.3. The zero-order chi connectivity index (χ0) is 29.9. The zero-order valence-corrected chi connectivity index (χ0v) is 25.7.